The van der Waals surface area contributed by atoms with E-state index in [0.29, 0.717) is 12.1 Å². The number of benzene rings is 1. The standard InChI is InChI=1S/C11H13NOS/c13-14-7-10(12-8-5-6-8)9-3-1-2-4-11(9)14/h1-4,8,10,12H,5-7H2. The summed E-state index contributed by atoms with van der Waals surface area (Å²) in [4.78, 5) is 1.03. The van der Waals surface area contributed by atoms with Gasteiger partial charge < -0.3 is 5.32 Å². The van der Waals surface area contributed by atoms with Gasteiger partial charge in [-0.15, -0.1) is 0 Å². The van der Waals surface area contributed by atoms with Crippen molar-refractivity contribution in [2.45, 2.75) is 29.8 Å². The Morgan fingerprint density at radius 3 is 2.86 bits per heavy atom. The summed E-state index contributed by atoms with van der Waals surface area (Å²) in [5, 5.41) is 3.55. The van der Waals surface area contributed by atoms with E-state index < -0.39 is 10.8 Å². The highest BCUT2D eigenvalue weighted by molar-refractivity contribution is 7.85. The highest BCUT2D eigenvalue weighted by atomic mass is 32.2. The molecule has 0 radical (unpaired) electrons. The zero-order valence-electron chi connectivity index (χ0n) is 7.90. The van der Waals surface area contributed by atoms with Crippen LogP contribution in [0.4, 0.5) is 0 Å². The van der Waals surface area contributed by atoms with E-state index in [1.54, 1.807) is 0 Å². The van der Waals surface area contributed by atoms with Crippen LogP contribution in [0.1, 0.15) is 24.4 Å². The fourth-order valence-corrected chi connectivity index (χ4v) is 3.44. The van der Waals surface area contributed by atoms with Gasteiger partial charge in [0.2, 0.25) is 0 Å². The molecule has 74 valence electrons. The molecule has 0 aromatic heterocycles. The number of rotatable bonds is 2. The zero-order chi connectivity index (χ0) is 9.54. The summed E-state index contributed by atoms with van der Waals surface area (Å²) >= 11 is 0. The van der Waals surface area contributed by atoms with Crippen molar-refractivity contribution in [3.63, 3.8) is 0 Å². The van der Waals surface area contributed by atoms with Gasteiger partial charge in [0.05, 0.1) is 10.8 Å². The number of nitrogens with one attached hydrogen (secondary N) is 1. The predicted octanol–water partition coefficient (Wildman–Crippen LogP) is 1.60. The lowest BCUT2D eigenvalue weighted by molar-refractivity contribution is 0.577. The molecule has 1 aliphatic heterocycles. The average molecular weight is 207 g/mol. The Morgan fingerprint density at radius 1 is 1.29 bits per heavy atom. The van der Waals surface area contributed by atoms with Gasteiger partial charge in [-0.05, 0) is 24.5 Å². The Bertz CT molecular complexity index is 387. The number of hydrogen-bond acceptors (Lipinski definition) is 2. The molecule has 2 atom stereocenters. The number of hydrogen-bond donors (Lipinski definition) is 1. The third-order valence-corrected chi connectivity index (χ3v) is 4.37. The maximum absolute atomic E-state index is 11.7. The third kappa shape index (κ3) is 1.41. The minimum absolute atomic E-state index is 0.333. The summed E-state index contributed by atoms with van der Waals surface area (Å²) in [6.45, 7) is 0. The van der Waals surface area contributed by atoms with Gasteiger partial charge in [-0.3, -0.25) is 4.21 Å². The second-order valence-corrected chi connectivity index (χ2v) is 5.51. The lowest BCUT2D eigenvalue weighted by Crippen LogP contribution is -2.23. The summed E-state index contributed by atoms with van der Waals surface area (Å²) in [6.07, 6.45) is 2.57. The van der Waals surface area contributed by atoms with Gasteiger partial charge in [0.1, 0.15) is 0 Å². The van der Waals surface area contributed by atoms with Crippen LogP contribution in [0.2, 0.25) is 0 Å². The molecule has 1 fully saturated rings. The van der Waals surface area contributed by atoms with Crippen LogP contribution in [0.15, 0.2) is 29.2 Å². The Balaban J connectivity index is 1.92. The fourth-order valence-electron chi connectivity index (χ4n) is 1.98. The normalized spacial score (nSPS) is 30.3. The minimum Gasteiger partial charge on any atom is -0.306 e. The van der Waals surface area contributed by atoms with Crippen LogP contribution in [0.25, 0.3) is 0 Å². The van der Waals surface area contributed by atoms with E-state index >= 15 is 0 Å². The smallest absolute Gasteiger partial charge is 0.0552 e. The van der Waals surface area contributed by atoms with Crippen molar-refractivity contribution in [2.24, 2.45) is 0 Å². The van der Waals surface area contributed by atoms with Crippen molar-refractivity contribution in [1.29, 1.82) is 0 Å². The van der Waals surface area contributed by atoms with Crippen LogP contribution in [0.5, 0.6) is 0 Å². The van der Waals surface area contributed by atoms with Gasteiger partial charge in [0.25, 0.3) is 0 Å². The summed E-state index contributed by atoms with van der Waals surface area (Å²) in [6, 6.07) is 9.10. The van der Waals surface area contributed by atoms with Gasteiger partial charge in [-0.1, -0.05) is 18.2 Å². The molecule has 2 nitrogen and oxygen atoms in total. The van der Waals surface area contributed by atoms with Crippen molar-refractivity contribution >= 4 is 10.8 Å². The number of fused-ring (bicyclic) bond motifs is 1. The zero-order valence-corrected chi connectivity index (χ0v) is 8.72. The monoisotopic (exact) mass is 207 g/mol. The molecule has 0 amide bonds. The van der Waals surface area contributed by atoms with Crippen LogP contribution in [0.3, 0.4) is 0 Å². The van der Waals surface area contributed by atoms with E-state index in [1.165, 1.54) is 18.4 Å². The van der Waals surface area contributed by atoms with Gasteiger partial charge in [0.15, 0.2) is 0 Å². The first-order valence-corrected chi connectivity index (χ1v) is 6.40. The topological polar surface area (TPSA) is 29.1 Å². The molecule has 1 aliphatic carbocycles. The Kier molecular flexibility index (Phi) is 1.96. The van der Waals surface area contributed by atoms with Crippen LogP contribution < -0.4 is 5.32 Å². The first-order valence-electron chi connectivity index (χ1n) is 5.08. The summed E-state index contributed by atoms with van der Waals surface area (Å²) in [5.74, 6) is 0.760. The van der Waals surface area contributed by atoms with Gasteiger partial charge in [-0.25, -0.2) is 0 Å². The molecule has 2 unspecified atom stereocenters. The third-order valence-electron chi connectivity index (χ3n) is 2.87. The lowest BCUT2D eigenvalue weighted by atomic mass is 10.1. The van der Waals surface area contributed by atoms with E-state index in [9.17, 15) is 4.21 Å². The maximum atomic E-state index is 11.7. The van der Waals surface area contributed by atoms with Crippen LogP contribution in [-0.2, 0) is 10.8 Å². The Morgan fingerprint density at radius 2 is 2.07 bits per heavy atom. The second kappa shape index (κ2) is 3.17. The first-order chi connectivity index (χ1) is 6.84. The molecule has 0 saturated heterocycles. The molecule has 1 saturated carbocycles. The summed E-state index contributed by atoms with van der Waals surface area (Å²) < 4.78 is 11.7. The first kappa shape index (κ1) is 8.62. The molecule has 1 N–H and O–H groups in total. The van der Waals surface area contributed by atoms with Crippen LogP contribution >= 0.6 is 0 Å². The van der Waals surface area contributed by atoms with E-state index in [-0.39, 0.29) is 0 Å². The molecule has 1 aromatic carbocycles. The van der Waals surface area contributed by atoms with E-state index in [2.05, 4.69) is 11.4 Å². The van der Waals surface area contributed by atoms with E-state index in [1.807, 2.05) is 18.2 Å². The van der Waals surface area contributed by atoms with Crippen molar-refractivity contribution in [3.8, 4) is 0 Å². The highest BCUT2D eigenvalue weighted by Gasteiger charge is 2.32. The maximum Gasteiger partial charge on any atom is 0.0552 e. The lowest BCUT2D eigenvalue weighted by Gasteiger charge is -2.11. The van der Waals surface area contributed by atoms with Gasteiger partial charge in [0, 0.05) is 22.7 Å². The Hall–Kier alpha value is -0.670. The molecule has 2 aliphatic rings. The SMILES string of the molecule is O=S1CC(NC2CC2)c2ccccc21. The van der Waals surface area contributed by atoms with Crippen molar-refractivity contribution < 1.29 is 4.21 Å². The molecule has 1 aromatic rings. The van der Waals surface area contributed by atoms with E-state index in [4.69, 9.17) is 0 Å². The molecule has 0 spiro atoms. The highest BCUT2D eigenvalue weighted by Crippen LogP contribution is 2.33. The van der Waals surface area contributed by atoms with Gasteiger partial charge in [-0.2, -0.15) is 0 Å². The molecular weight excluding hydrogens is 194 g/mol. The quantitative estimate of drug-likeness (QED) is 0.798. The average Bonchev–Trinajstić information content (AvgIpc) is 2.95. The molecule has 14 heavy (non-hydrogen) atoms. The van der Waals surface area contributed by atoms with Crippen molar-refractivity contribution in [1.82, 2.24) is 5.32 Å². The predicted molar refractivity (Wildman–Crippen MR) is 56.6 cm³/mol. The summed E-state index contributed by atoms with van der Waals surface area (Å²) in [5.41, 5.74) is 1.25. The molecule has 0 bridgehead atoms. The Labute approximate surface area is 86.2 Å². The molecule has 3 rings (SSSR count). The molecule has 1 heterocycles. The largest absolute Gasteiger partial charge is 0.306 e. The van der Waals surface area contributed by atoms with Crippen LogP contribution in [0, 0.1) is 0 Å². The minimum atomic E-state index is -0.779. The second-order valence-electron chi connectivity index (χ2n) is 4.04. The van der Waals surface area contributed by atoms with Crippen LogP contribution in [-0.4, -0.2) is 16.0 Å². The van der Waals surface area contributed by atoms with Gasteiger partial charge >= 0.3 is 0 Å². The summed E-state index contributed by atoms with van der Waals surface area (Å²) in [7, 11) is -0.779. The molecule has 3 heteroatoms. The van der Waals surface area contributed by atoms with E-state index in [0.717, 1.165) is 10.6 Å². The van der Waals surface area contributed by atoms with Crippen molar-refractivity contribution in [3.05, 3.63) is 29.8 Å². The molecular formula is C11H13NOS. The fraction of sp³-hybridized carbons (Fsp3) is 0.455. The van der Waals surface area contributed by atoms with Crippen molar-refractivity contribution in [2.75, 3.05) is 5.75 Å².